The second-order valence-corrected chi connectivity index (χ2v) is 7.09. The highest BCUT2D eigenvalue weighted by atomic mass is 32.1. The van der Waals surface area contributed by atoms with Crippen LogP contribution in [0.4, 0.5) is 10.8 Å². The van der Waals surface area contributed by atoms with Gasteiger partial charge in [0.2, 0.25) is 0 Å². The first-order valence-electron chi connectivity index (χ1n) is 7.25. The van der Waals surface area contributed by atoms with Crippen LogP contribution in [0.3, 0.4) is 0 Å². The van der Waals surface area contributed by atoms with Gasteiger partial charge in [0.1, 0.15) is 23.4 Å². The van der Waals surface area contributed by atoms with E-state index < -0.39 is 0 Å². The highest BCUT2D eigenvalue weighted by Crippen LogP contribution is 2.35. The van der Waals surface area contributed by atoms with Gasteiger partial charge in [-0.05, 0) is 24.3 Å². The third-order valence-electron chi connectivity index (χ3n) is 3.29. The maximum atomic E-state index is 5.18. The lowest BCUT2D eigenvalue weighted by atomic mass is 9.92. The van der Waals surface area contributed by atoms with Crippen LogP contribution >= 0.6 is 11.3 Å². The third-order valence-corrected chi connectivity index (χ3v) is 4.25. The van der Waals surface area contributed by atoms with E-state index in [1.54, 1.807) is 29.5 Å². The Bertz CT molecular complexity index is 772. The van der Waals surface area contributed by atoms with Crippen LogP contribution in [0.15, 0.2) is 36.9 Å². The molecule has 6 nitrogen and oxygen atoms in total. The van der Waals surface area contributed by atoms with Crippen LogP contribution in [0.1, 0.15) is 26.5 Å². The van der Waals surface area contributed by atoms with E-state index in [1.807, 2.05) is 24.3 Å². The zero-order valence-electron chi connectivity index (χ0n) is 13.6. The van der Waals surface area contributed by atoms with Crippen molar-refractivity contribution in [1.82, 2.24) is 19.7 Å². The van der Waals surface area contributed by atoms with Crippen LogP contribution in [0, 0.1) is 0 Å². The zero-order valence-corrected chi connectivity index (χ0v) is 14.4. The number of aromatic nitrogens is 4. The Balaban J connectivity index is 1.94. The smallest absolute Gasteiger partial charge is 0.189 e. The van der Waals surface area contributed by atoms with Gasteiger partial charge < -0.3 is 10.1 Å². The molecule has 1 N–H and O–H groups in total. The molecule has 0 radical (unpaired) electrons. The van der Waals surface area contributed by atoms with Gasteiger partial charge in [0.15, 0.2) is 5.13 Å². The van der Waals surface area contributed by atoms with Crippen LogP contribution < -0.4 is 10.1 Å². The molecule has 0 atom stereocenters. The monoisotopic (exact) mass is 329 g/mol. The van der Waals surface area contributed by atoms with Crippen LogP contribution in [0.25, 0.3) is 5.00 Å². The molecule has 0 bridgehead atoms. The van der Waals surface area contributed by atoms with Gasteiger partial charge in [-0.25, -0.2) is 14.6 Å². The standard InChI is InChI=1S/C16H19N5OS/c1-16(2,3)13-14(21-10-17-9-18-21)23-15(20-13)19-11-5-7-12(22-4)8-6-11/h5-10H,1-4H3,(H,19,20). The average molecular weight is 329 g/mol. The van der Waals surface area contributed by atoms with Crippen molar-refractivity contribution in [2.75, 3.05) is 12.4 Å². The van der Waals surface area contributed by atoms with Crippen molar-refractivity contribution in [2.45, 2.75) is 26.2 Å². The van der Waals surface area contributed by atoms with Crippen LogP contribution in [-0.4, -0.2) is 26.9 Å². The summed E-state index contributed by atoms with van der Waals surface area (Å²) in [5.41, 5.74) is 1.87. The lowest BCUT2D eigenvalue weighted by Gasteiger charge is -2.16. The lowest BCUT2D eigenvalue weighted by Crippen LogP contribution is -2.15. The fourth-order valence-electron chi connectivity index (χ4n) is 2.12. The van der Waals surface area contributed by atoms with Crippen molar-refractivity contribution in [3.05, 3.63) is 42.6 Å². The average Bonchev–Trinajstić information content (AvgIpc) is 3.16. The molecular formula is C16H19N5OS. The van der Waals surface area contributed by atoms with Gasteiger partial charge in [-0.2, -0.15) is 5.10 Å². The molecule has 120 valence electrons. The van der Waals surface area contributed by atoms with Crippen molar-refractivity contribution in [1.29, 1.82) is 0 Å². The topological polar surface area (TPSA) is 64.9 Å². The van der Waals surface area contributed by atoms with E-state index in [-0.39, 0.29) is 5.41 Å². The van der Waals surface area contributed by atoms with Crippen molar-refractivity contribution >= 4 is 22.2 Å². The van der Waals surface area contributed by atoms with E-state index in [9.17, 15) is 0 Å². The molecule has 0 amide bonds. The minimum absolute atomic E-state index is 0.0857. The first-order chi connectivity index (χ1) is 11.0. The predicted octanol–water partition coefficient (Wildman–Crippen LogP) is 3.77. The molecule has 0 fully saturated rings. The summed E-state index contributed by atoms with van der Waals surface area (Å²) < 4.78 is 6.94. The van der Waals surface area contributed by atoms with E-state index >= 15 is 0 Å². The number of benzene rings is 1. The number of methoxy groups -OCH3 is 1. The highest BCUT2D eigenvalue weighted by molar-refractivity contribution is 7.18. The van der Waals surface area contributed by atoms with Gasteiger partial charge in [0.05, 0.1) is 12.8 Å². The van der Waals surface area contributed by atoms with Crippen molar-refractivity contribution in [3.8, 4) is 10.8 Å². The van der Waals surface area contributed by atoms with Crippen LogP contribution in [-0.2, 0) is 5.41 Å². The normalized spacial score (nSPS) is 11.5. The first-order valence-corrected chi connectivity index (χ1v) is 8.06. The molecule has 0 aliphatic heterocycles. The summed E-state index contributed by atoms with van der Waals surface area (Å²) in [5.74, 6) is 0.827. The maximum absolute atomic E-state index is 5.18. The van der Waals surface area contributed by atoms with E-state index in [1.165, 1.54) is 6.33 Å². The molecule has 3 aromatic rings. The lowest BCUT2D eigenvalue weighted by molar-refractivity contribution is 0.415. The maximum Gasteiger partial charge on any atom is 0.189 e. The molecule has 7 heteroatoms. The Hall–Kier alpha value is -2.41. The Morgan fingerprint density at radius 1 is 1.17 bits per heavy atom. The number of anilines is 2. The molecule has 0 spiro atoms. The summed E-state index contributed by atoms with van der Waals surface area (Å²) >= 11 is 1.56. The van der Waals surface area contributed by atoms with Gasteiger partial charge in [-0.15, -0.1) is 0 Å². The summed E-state index contributed by atoms with van der Waals surface area (Å²) in [6, 6.07) is 7.76. The number of hydrogen-bond acceptors (Lipinski definition) is 6. The fraction of sp³-hybridized carbons (Fsp3) is 0.312. The zero-order chi connectivity index (χ0) is 16.4. The molecule has 23 heavy (non-hydrogen) atoms. The molecule has 1 aromatic carbocycles. The number of nitrogens with one attached hydrogen (secondary N) is 1. The summed E-state index contributed by atoms with van der Waals surface area (Å²) in [6.45, 7) is 6.42. The molecular weight excluding hydrogens is 310 g/mol. The van der Waals surface area contributed by atoms with Crippen LogP contribution in [0.2, 0.25) is 0 Å². The summed E-state index contributed by atoms with van der Waals surface area (Å²) in [7, 11) is 1.66. The molecule has 2 heterocycles. The number of nitrogens with zero attached hydrogens (tertiary/aromatic N) is 4. The number of thiazole rings is 1. The Morgan fingerprint density at radius 3 is 2.48 bits per heavy atom. The molecule has 0 unspecified atom stereocenters. The molecule has 0 aliphatic rings. The second kappa shape index (κ2) is 6.00. The van der Waals surface area contributed by atoms with Crippen molar-refractivity contribution < 1.29 is 4.74 Å². The minimum Gasteiger partial charge on any atom is -0.497 e. The number of hydrogen-bond donors (Lipinski definition) is 1. The van der Waals surface area contributed by atoms with Crippen molar-refractivity contribution in [3.63, 3.8) is 0 Å². The fourth-order valence-corrected chi connectivity index (χ4v) is 3.25. The molecule has 0 saturated carbocycles. The highest BCUT2D eigenvalue weighted by Gasteiger charge is 2.25. The molecule has 0 aliphatic carbocycles. The van der Waals surface area contributed by atoms with E-state index in [0.717, 1.165) is 27.3 Å². The summed E-state index contributed by atoms with van der Waals surface area (Å²) in [4.78, 5) is 8.79. The molecule has 3 rings (SSSR count). The van der Waals surface area contributed by atoms with Gasteiger partial charge >= 0.3 is 0 Å². The first kappa shape index (κ1) is 15.5. The Morgan fingerprint density at radius 2 is 1.91 bits per heavy atom. The van der Waals surface area contributed by atoms with Gasteiger partial charge in [-0.3, -0.25) is 0 Å². The summed E-state index contributed by atoms with van der Waals surface area (Å²) in [6.07, 6.45) is 3.22. The van der Waals surface area contributed by atoms with Crippen LogP contribution in [0.5, 0.6) is 5.75 Å². The van der Waals surface area contributed by atoms with Gasteiger partial charge in [0, 0.05) is 11.1 Å². The Kier molecular flexibility index (Phi) is 4.04. The minimum atomic E-state index is -0.0857. The van der Waals surface area contributed by atoms with E-state index in [0.29, 0.717) is 0 Å². The number of rotatable bonds is 4. The largest absolute Gasteiger partial charge is 0.497 e. The second-order valence-electron chi connectivity index (χ2n) is 6.12. The SMILES string of the molecule is COc1ccc(Nc2nc(C(C)(C)C)c(-n3cncn3)s2)cc1. The number of ether oxygens (including phenoxy) is 1. The predicted molar refractivity (Wildman–Crippen MR) is 92.0 cm³/mol. The third kappa shape index (κ3) is 3.34. The quantitative estimate of drug-likeness (QED) is 0.789. The molecule has 0 saturated heterocycles. The molecule has 2 aromatic heterocycles. The van der Waals surface area contributed by atoms with Crippen molar-refractivity contribution in [2.24, 2.45) is 0 Å². The van der Waals surface area contributed by atoms with E-state index in [4.69, 9.17) is 9.72 Å². The van der Waals surface area contributed by atoms with Gasteiger partial charge in [-0.1, -0.05) is 32.1 Å². The summed E-state index contributed by atoms with van der Waals surface area (Å²) in [5, 5.41) is 9.38. The van der Waals surface area contributed by atoms with E-state index in [2.05, 4.69) is 36.2 Å². The Labute approximate surface area is 139 Å². The van der Waals surface area contributed by atoms with Gasteiger partial charge in [0.25, 0.3) is 0 Å².